The third-order valence-electron chi connectivity index (χ3n) is 11.6. The summed E-state index contributed by atoms with van der Waals surface area (Å²) in [4.78, 5) is 10.2. The van der Waals surface area contributed by atoms with Gasteiger partial charge in [-0.3, -0.25) is 0 Å². The van der Waals surface area contributed by atoms with Gasteiger partial charge in [-0.2, -0.15) is 0 Å². The quantitative estimate of drug-likeness (QED) is 0.182. The van der Waals surface area contributed by atoms with Crippen LogP contribution in [0.25, 0.3) is 66.6 Å². The van der Waals surface area contributed by atoms with Gasteiger partial charge in [0, 0.05) is 44.1 Å². The third-order valence-corrected chi connectivity index (χ3v) is 11.6. The van der Waals surface area contributed by atoms with Crippen molar-refractivity contribution < 1.29 is 4.74 Å². The van der Waals surface area contributed by atoms with Crippen LogP contribution in [0.3, 0.4) is 0 Å². The largest absolute Gasteiger partial charge is 0.457 e. The van der Waals surface area contributed by atoms with Crippen LogP contribution in [0.1, 0.15) is 29.2 Å². The highest BCUT2D eigenvalue weighted by atomic mass is 16.5. The van der Waals surface area contributed by atoms with Gasteiger partial charge >= 0.3 is 0 Å². The smallest absolute Gasteiger partial charge is 0.160 e. The zero-order chi connectivity index (χ0) is 37.4. The van der Waals surface area contributed by atoms with Crippen LogP contribution in [0.4, 0.5) is 0 Å². The van der Waals surface area contributed by atoms with Gasteiger partial charge in [-0.25, -0.2) is 9.97 Å². The number of fused-ring (bicyclic) bond motifs is 10. The number of allylic oxidation sites excluding steroid dienone is 5. The lowest BCUT2D eigenvalue weighted by atomic mass is 9.65. The molecule has 3 heterocycles. The summed E-state index contributed by atoms with van der Waals surface area (Å²) in [7, 11) is 0. The number of hydrogen-bond donors (Lipinski definition) is 0. The number of rotatable bonds is 4. The predicted octanol–water partition coefficient (Wildman–Crippen LogP) is 13.0. The SMILES string of the molecule is C=C/C=C1\C(=C/C)c2cc3c4ccccc4n(-c4ccc(-c5nc(-c6ccccc6)c6ccccc6n5)cc4)c3cc2C12c1ccccc1Oc1ccccc12. The van der Waals surface area contributed by atoms with Crippen LogP contribution in [0.5, 0.6) is 11.5 Å². The maximum Gasteiger partial charge on any atom is 0.160 e. The highest BCUT2D eigenvalue weighted by Gasteiger charge is 2.52. The Balaban J connectivity index is 1.15. The van der Waals surface area contributed by atoms with Crippen molar-refractivity contribution >= 4 is 38.3 Å². The average molecular weight is 718 g/mol. The fourth-order valence-electron chi connectivity index (χ4n) is 9.32. The van der Waals surface area contributed by atoms with Crippen LogP contribution in [0, 0.1) is 0 Å². The number of ether oxygens (including phenoxy) is 1. The second-order valence-corrected chi connectivity index (χ2v) is 14.5. The molecule has 0 amide bonds. The van der Waals surface area contributed by atoms with Crippen molar-refractivity contribution in [3.05, 3.63) is 216 Å². The van der Waals surface area contributed by atoms with E-state index in [4.69, 9.17) is 14.7 Å². The Hall–Kier alpha value is -7.30. The molecule has 0 radical (unpaired) electrons. The Morgan fingerprint density at radius 2 is 1.25 bits per heavy atom. The molecule has 2 aliphatic rings. The fourth-order valence-corrected chi connectivity index (χ4v) is 9.32. The molecule has 0 saturated carbocycles. The van der Waals surface area contributed by atoms with E-state index < -0.39 is 5.41 Å². The average Bonchev–Trinajstić information content (AvgIpc) is 3.72. The Kier molecular flexibility index (Phi) is 7.10. The Bertz CT molecular complexity index is 3090. The topological polar surface area (TPSA) is 39.9 Å². The number of benzene rings is 7. The van der Waals surface area contributed by atoms with Crippen LogP contribution in [-0.2, 0) is 5.41 Å². The second kappa shape index (κ2) is 12.4. The van der Waals surface area contributed by atoms with Gasteiger partial charge < -0.3 is 9.30 Å². The summed E-state index contributed by atoms with van der Waals surface area (Å²) in [6, 6.07) is 57.8. The van der Waals surface area contributed by atoms with E-state index in [9.17, 15) is 0 Å². The molecule has 0 bridgehead atoms. The minimum atomic E-state index is -0.611. The summed E-state index contributed by atoms with van der Waals surface area (Å²) in [5, 5.41) is 3.45. The molecule has 2 aromatic heterocycles. The number of nitrogens with zero attached hydrogens (tertiary/aromatic N) is 3. The molecule has 4 heteroatoms. The van der Waals surface area contributed by atoms with Gasteiger partial charge in [-0.1, -0.05) is 128 Å². The molecular formula is C52H35N3O. The summed E-state index contributed by atoms with van der Waals surface area (Å²) in [5.41, 5.74) is 13.8. The van der Waals surface area contributed by atoms with Crippen LogP contribution in [0.2, 0.25) is 0 Å². The predicted molar refractivity (Wildman–Crippen MR) is 230 cm³/mol. The minimum absolute atomic E-state index is 0.611. The van der Waals surface area contributed by atoms with E-state index in [1.54, 1.807) is 0 Å². The molecule has 0 unspecified atom stereocenters. The van der Waals surface area contributed by atoms with E-state index in [1.165, 1.54) is 33.0 Å². The van der Waals surface area contributed by atoms with E-state index in [-0.39, 0.29) is 0 Å². The summed E-state index contributed by atoms with van der Waals surface area (Å²) < 4.78 is 9.02. The van der Waals surface area contributed by atoms with E-state index in [1.807, 2.05) is 24.3 Å². The molecule has 1 spiro atoms. The maximum atomic E-state index is 6.62. The summed E-state index contributed by atoms with van der Waals surface area (Å²) >= 11 is 0. The Morgan fingerprint density at radius 3 is 1.98 bits per heavy atom. The van der Waals surface area contributed by atoms with Gasteiger partial charge in [0.15, 0.2) is 5.82 Å². The molecule has 11 rings (SSSR count). The van der Waals surface area contributed by atoms with E-state index in [0.29, 0.717) is 5.82 Å². The van der Waals surface area contributed by atoms with Crippen molar-refractivity contribution in [2.45, 2.75) is 12.3 Å². The van der Waals surface area contributed by atoms with Crippen LogP contribution in [-0.4, -0.2) is 14.5 Å². The second-order valence-electron chi connectivity index (χ2n) is 14.5. The van der Waals surface area contributed by atoms with Crippen molar-refractivity contribution in [3.8, 4) is 39.8 Å². The molecule has 0 N–H and O–H groups in total. The minimum Gasteiger partial charge on any atom is -0.457 e. The van der Waals surface area contributed by atoms with Crippen molar-refractivity contribution in [1.29, 1.82) is 0 Å². The molecule has 1 aliphatic heterocycles. The van der Waals surface area contributed by atoms with Crippen LogP contribution >= 0.6 is 0 Å². The maximum absolute atomic E-state index is 6.62. The Labute approximate surface area is 325 Å². The van der Waals surface area contributed by atoms with Gasteiger partial charge in [-0.05, 0) is 89.9 Å². The summed E-state index contributed by atoms with van der Waals surface area (Å²) in [6.07, 6.45) is 6.37. The molecule has 9 aromatic rings. The first-order valence-corrected chi connectivity index (χ1v) is 19.1. The highest BCUT2D eigenvalue weighted by molar-refractivity contribution is 6.12. The molecule has 0 atom stereocenters. The zero-order valence-electron chi connectivity index (χ0n) is 30.8. The van der Waals surface area contributed by atoms with Gasteiger partial charge in [-0.15, -0.1) is 0 Å². The van der Waals surface area contributed by atoms with Gasteiger partial charge in [0.2, 0.25) is 0 Å². The lowest BCUT2D eigenvalue weighted by Crippen LogP contribution is -2.32. The van der Waals surface area contributed by atoms with Crippen molar-refractivity contribution in [2.24, 2.45) is 0 Å². The molecule has 0 saturated heterocycles. The Morgan fingerprint density at radius 1 is 0.589 bits per heavy atom. The van der Waals surface area contributed by atoms with Crippen LogP contribution < -0.4 is 4.74 Å². The van der Waals surface area contributed by atoms with Gasteiger partial charge in [0.05, 0.1) is 27.7 Å². The molecule has 1 aliphatic carbocycles. The molecule has 4 nitrogen and oxygen atoms in total. The summed E-state index contributed by atoms with van der Waals surface area (Å²) in [6.45, 7) is 6.34. The van der Waals surface area contributed by atoms with Crippen molar-refractivity contribution in [2.75, 3.05) is 0 Å². The number of para-hydroxylation sites is 4. The first kappa shape index (κ1) is 32.2. The molecular weight excluding hydrogens is 683 g/mol. The molecule has 7 aromatic carbocycles. The monoisotopic (exact) mass is 717 g/mol. The van der Waals surface area contributed by atoms with Gasteiger partial charge in [0.1, 0.15) is 11.5 Å². The van der Waals surface area contributed by atoms with Crippen LogP contribution in [0.15, 0.2) is 194 Å². The third kappa shape index (κ3) is 4.47. The molecule has 56 heavy (non-hydrogen) atoms. The van der Waals surface area contributed by atoms with Crippen molar-refractivity contribution in [3.63, 3.8) is 0 Å². The van der Waals surface area contributed by atoms with Crippen molar-refractivity contribution in [1.82, 2.24) is 14.5 Å². The van der Waals surface area contributed by atoms with E-state index >= 15 is 0 Å². The lowest BCUT2D eigenvalue weighted by molar-refractivity contribution is 0.436. The fraction of sp³-hybridized carbons (Fsp3) is 0.0385. The molecule has 264 valence electrons. The molecule has 0 fully saturated rings. The van der Waals surface area contributed by atoms with E-state index in [0.717, 1.165) is 67.1 Å². The number of hydrogen-bond acceptors (Lipinski definition) is 3. The highest BCUT2D eigenvalue weighted by Crippen LogP contribution is 2.63. The lowest BCUT2D eigenvalue weighted by Gasteiger charge is -2.39. The standard InChI is InChI=1S/C52H35N3O/c1-3-16-41-36(4-2)39-31-40-37-19-9-13-24-46(37)55(47(40)32-44(39)52(41)42-21-10-14-25-48(42)56-49-26-15-11-22-43(49)52)35-29-27-34(28-30-35)51-53-45-23-12-8-20-38(45)50(54-51)33-17-6-5-7-18-33/h3-32H,1H2,2H3/b36-4-,41-16+. The van der Waals surface area contributed by atoms with Gasteiger partial charge in [0.25, 0.3) is 0 Å². The van der Waals surface area contributed by atoms with E-state index in [2.05, 4.69) is 176 Å². The first-order chi connectivity index (χ1) is 27.7. The first-order valence-electron chi connectivity index (χ1n) is 19.1. The normalized spacial score (nSPS) is 15.3. The summed E-state index contributed by atoms with van der Waals surface area (Å²) in [5.74, 6) is 2.44. The zero-order valence-corrected chi connectivity index (χ0v) is 30.8. The number of aromatic nitrogens is 3.